The van der Waals surface area contributed by atoms with Gasteiger partial charge in [-0.2, -0.15) is 0 Å². The Morgan fingerprint density at radius 2 is 1.81 bits per heavy atom. The minimum absolute atomic E-state index is 0.0581. The van der Waals surface area contributed by atoms with Gasteiger partial charge in [-0.05, 0) is 17.7 Å². The SMILES string of the molecule is O=C1C[C@@H]2C3=C(C=C[C@@H]2O1)O[C@@H](c1ccccc1)CC3=O. The monoisotopic (exact) mass is 282 g/mol. The quantitative estimate of drug-likeness (QED) is 0.742. The average molecular weight is 282 g/mol. The standard InChI is InChI=1S/C17H14O4/c18-12-9-15(10-4-2-1-3-5-10)20-14-7-6-13-11(17(12)14)8-16(19)21-13/h1-7,11,13,15H,8-9H2/t11-,13-,15+/m0/s1. The van der Waals surface area contributed by atoms with Gasteiger partial charge in [-0.15, -0.1) is 0 Å². The number of ether oxygens (including phenoxy) is 2. The van der Waals surface area contributed by atoms with Crippen LogP contribution in [-0.2, 0) is 19.1 Å². The summed E-state index contributed by atoms with van der Waals surface area (Å²) >= 11 is 0. The molecule has 3 atom stereocenters. The third-order valence-electron chi connectivity index (χ3n) is 4.24. The maximum atomic E-state index is 12.5. The first-order valence-electron chi connectivity index (χ1n) is 7.09. The summed E-state index contributed by atoms with van der Waals surface area (Å²) in [6, 6.07) is 9.72. The molecule has 3 aliphatic rings. The number of Topliss-reactive ketones (excluding diaryl/α,β-unsaturated/α-hetero) is 1. The van der Waals surface area contributed by atoms with E-state index in [1.807, 2.05) is 36.4 Å². The molecule has 0 N–H and O–H groups in total. The smallest absolute Gasteiger partial charge is 0.307 e. The van der Waals surface area contributed by atoms with Crippen molar-refractivity contribution in [2.75, 3.05) is 0 Å². The van der Waals surface area contributed by atoms with Gasteiger partial charge in [0.2, 0.25) is 0 Å². The number of benzene rings is 1. The Morgan fingerprint density at radius 3 is 2.62 bits per heavy atom. The molecule has 2 heterocycles. The molecule has 0 saturated carbocycles. The number of hydrogen-bond acceptors (Lipinski definition) is 4. The lowest BCUT2D eigenvalue weighted by Crippen LogP contribution is -2.30. The fourth-order valence-corrected chi connectivity index (χ4v) is 3.25. The largest absolute Gasteiger partial charge is 0.485 e. The highest BCUT2D eigenvalue weighted by molar-refractivity contribution is 5.99. The van der Waals surface area contributed by atoms with E-state index in [4.69, 9.17) is 9.47 Å². The Morgan fingerprint density at radius 1 is 1.00 bits per heavy atom. The first-order valence-corrected chi connectivity index (χ1v) is 7.09. The summed E-state index contributed by atoms with van der Waals surface area (Å²) in [6.45, 7) is 0. The van der Waals surface area contributed by atoms with E-state index >= 15 is 0 Å². The predicted molar refractivity (Wildman–Crippen MR) is 74.0 cm³/mol. The predicted octanol–water partition coefficient (Wildman–Crippen LogP) is 2.47. The number of hydrogen-bond donors (Lipinski definition) is 0. The summed E-state index contributed by atoms with van der Waals surface area (Å²) in [4.78, 5) is 24.0. The van der Waals surface area contributed by atoms with E-state index in [0.717, 1.165) is 5.56 Å². The Balaban J connectivity index is 1.68. The number of rotatable bonds is 1. The summed E-state index contributed by atoms with van der Waals surface area (Å²) in [6.07, 6.45) is 3.60. The summed E-state index contributed by atoms with van der Waals surface area (Å²) < 4.78 is 11.2. The molecule has 0 spiro atoms. The molecule has 4 heteroatoms. The molecule has 1 saturated heterocycles. The van der Waals surface area contributed by atoms with E-state index in [1.54, 1.807) is 6.08 Å². The third-order valence-corrected chi connectivity index (χ3v) is 4.24. The molecule has 106 valence electrons. The summed E-state index contributed by atoms with van der Waals surface area (Å²) in [5.74, 6) is 0.227. The molecular formula is C17H14O4. The first-order chi connectivity index (χ1) is 10.2. The minimum atomic E-state index is -0.308. The molecule has 2 aliphatic heterocycles. The number of carbonyl (C=O) groups is 2. The van der Waals surface area contributed by atoms with Crippen molar-refractivity contribution < 1.29 is 19.1 Å². The van der Waals surface area contributed by atoms with E-state index in [2.05, 4.69) is 0 Å². The first kappa shape index (κ1) is 12.4. The Kier molecular flexibility index (Phi) is 2.70. The van der Waals surface area contributed by atoms with Crippen LogP contribution in [0.3, 0.4) is 0 Å². The van der Waals surface area contributed by atoms with Crippen molar-refractivity contribution in [3.8, 4) is 0 Å². The highest BCUT2D eigenvalue weighted by Gasteiger charge is 2.44. The second kappa shape index (κ2) is 4.58. The van der Waals surface area contributed by atoms with Crippen LogP contribution in [0.25, 0.3) is 0 Å². The number of esters is 1. The summed E-state index contributed by atoms with van der Waals surface area (Å²) in [5.41, 5.74) is 1.62. The Hall–Kier alpha value is -2.36. The van der Waals surface area contributed by atoms with Gasteiger partial charge >= 0.3 is 5.97 Å². The zero-order valence-corrected chi connectivity index (χ0v) is 11.3. The summed E-state index contributed by atoms with van der Waals surface area (Å²) in [7, 11) is 0. The van der Waals surface area contributed by atoms with E-state index in [-0.39, 0.29) is 36.3 Å². The highest BCUT2D eigenvalue weighted by atomic mass is 16.6. The van der Waals surface area contributed by atoms with Gasteiger partial charge in [0, 0.05) is 11.5 Å². The lowest BCUT2D eigenvalue weighted by atomic mass is 9.81. The lowest BCUT2D eigenvalue weighted by molar-refractivity contribution is -0.140. The van der Waals surface area contributed by atoms with Crippen molar-refractivity contribution in [2.45, 2.75) is 25.0 Å². The van der Waals surface area contributed by atoms with Crippen molar-refractivity contribution in [3.63, 3.8) is 0 Å². The highest BCUT2D eigenvalue weighted by Crippen LogP contribution is 2.42. The van der Waals surface area contributed by atoms with Crippen LogP contribution in [0.2, 0.25) is 0 Å². The van der Waals surface area contributed by atoms with Gasteiger partial charge in [0.15, 0.2) is 5.78 Å². The van der Waals surface area contributed by atoms with Gasteiger partial charge in [-0.1, -0.05) is 30.3 Å². The molecule has 1 aromatic carbocycles. The second-order valence-electron chi connectivity index (χ2n) is 5.55. The van der Waals surface area contributed by atoms with Crippen molar-refractivity contribution in [1.82, 2.24) is 0 Å². The molecule has 0 unspecified atom stereocenters. The fraction of sp³-hybridized carbons (Fsp3) is 0.294. The molecule has 0 amide bonds. The molecular weight excluding hydrogens is 268 g/mol. The van der Waals surface area contributed by atoms with Crippen LogP contribution in [0.5, 0.6) is 0 Å². The van der Waals surface area contributed by atoms with E-state index < -0.39 is 0 Å². The van der Waals surface area contributed by atoms with Crippen LogP contribution in [0.4, 0.5) is 0 Å². The van der Waals surface area contributed by atoms with Crippen molar-refractivity contribution >= 4 is 11.8 Å². The van der Waals surface area contributed by atoms with Gasteiger partial charge in [0.1, 0.15) is 18.0 Å². The van der Waals surface area contributed by atoms with E-state index in [1.165, 1.54) is 0 Å². The van der Waals surface area contributed by atoms with Crippen LogP contribution < -0.4 is 0 Å². The van der Waals surface area contributed by atoms with Gasteiger partial charge in [-0.25, -0.2) is 0 Å². The van der Waals surface area contributed by atoms with Gasteiger partial charge in [0.05, 0.1) is 12.8 Å². The number of ketones is 1. The molecule has 4 rings (SSSR count). The second-order valence-corrected chi connectivity index (χ2v) is 5.55. The van der Waals surface area contributed by atoms with Crippen molar-refractivity contribution in [2.24, 2.45) is 5.92 Å². The van der Waals surface area contributed by atoms with Crippen LogP contribution >= 0.6 is 0 Å². The van der Waals surface area contributed by atoms with E-state index in [0.29, 0.717) is 17.8 Å². The van der Waals surface area contributed by atoms with E-state index in [9.17, 15) is 9.59 Å². The molecule has 4 nitrogen and oxygen atoms in total. The number of carbonyl (C=O) groups excluding carboxylic acids is 2. The van der Waals surface area contributed by atoms with Crippen molar-refractivity contribution in [1.29, 1.82) is 0 Å². The molecule has 0 aromatic heterocycles. The van der Waals surface area contributed by atoms with Crippen molar-refractivity contribution in [3.05, 3.63) is 59.4 Å². The molecule has 0 radical (unpaired) electrons. The number of fused-ring (bicyclic) bond motifs is 2. The van der Waals surface area contributed by atoms with Crippen LogP contribution in [0.15, 0.2) is 53.8 Å². The molecule has 21 heavy (non-hydrogen) atoms. The fourth-order valence-electron chi connectivity index (χ4n) is 3.25. The Labute approximate surface area is 122 Å². The maximum absolute atomic E-state index is 12.5. The third kappa shape index (κ3) is 1.98. The zero-order valence-electron chi connectivity index (χ0n) is 11.3. The average Bonchev–Trinajstić information content (AvgIpc) is 2.88. The number of allylic oxidation sites excluding steroid dienone is 1. The molecule has 1 fully saturated rings. The van der Waals surface area contributed by atoms with Crippen LogP contribution in [-0.4, -0.2) is 17.9 Å². The van der Waals surface area contributed by atoms with Gasteiger partial charge in [0.25, 0.3) is 0 Å². The van der Waals surface area contributed by atoms with Crippen LogP contribution in [0.1, 0.15) is 24.5 Å². The zero-order chi connectivity index (χ0) is 14.4. The maximum Gasteiger partial charge on any atom is 0.307 e. The molecule has 0 bridgehead atoms. The molecule has 1 aliphatic carbocycles. The summed E-state index contributed by atoms with van der Waals surface area (Å²) in [5, 5.41) is 0. The molecule has 1 aromatic rings. The normalized spacial score (nSPS) is 30.6. The van der Waals surface area contributed by atoms with Crippen LogP contribution in [0, 0.1) is 5.92 Å². The lowest BCUT2D eigenvalue weighted by Gasteiger charge is -2.32. The Bertz CT molecular complexity index is 671. The van der Waals surface area contributed by atoms with Gasteiger partial charge in [-0.3, -0.25) is 9.59 Å². The topological polar surface area (TPSA) is 52.6 Å². The minimum Gasteiger partial charge on any atom is -0.485 e. The van der Waals surface area contributed by atoms with Gasteiger partial charge < -0.3 is 9.47 Å².